The molecule has 0 spiro atoms. The minimum Gasteiger partial charge on any atom is -0.247 e. The van der Waals surface area contributed by atoms with Crippen LogP contribution in [-0.4, -0.2) is 4.98 Å². The molecule has 0 unspecified atom stereocenters. The molecular formula is C24H20ClN. The Morgan fingerprint density at radius 1 is 0.962 bits per heavy atom. The highest BCUT2D eigenvalue weighted by molar-refractivity contribution is 6.30. The van der Waals surface area contributed by atoms with Crippen molar-refractivity contribution in [2.75, 3.05) is 0 Å². The number of hydrogen-bond acceptors (Lipinski definition) is 1. The normalized spacial score (nSPS) is 16.8. The quantitative estimate of drug-likeness (QED) is 0.329. The lowest BCUT2D eigenvalue weighted by Crippen LogP contribution is -2.11. The third kappa shape index (κ3) is 2.42. The number of benzene rings is 3. The third-order valence-electron chi connectivity index (χ3n) is 5.69. The lowest BCUT2D eigenvalue weighted by Gasteiger charge is -2.27. The summed E-state index contributed by atoms with van der Waals surface area (Å²) >= 11 is 6.11. The van der Waals surface area contributed by atoms with Gasteiger partial charge in [0.05, 0.1) is 11.2 Å². The van der Waals surface area contributed by atoms with Crippen molar-refractivity contribution in [2.45, 2.75) is 32.1 Å². The van der Waals surface area contributed by atoms with Gasteiger partial charge in [0, 0.05) is 16.0 Å². The molecule has 1 aliphatic carbocycles. The lowest BCUT2D eigenvalue weighted by molar-refractivity contribution is 0.594. The van der Waals surface area contributed by atoms with Crippen LogP contribution in [0.4, 0.5) is 0 Å². The van der Waals surface area contributed by atoms with Crippen LogP contribution in [0.2, 0.25) is 5.02 Å². The predicted molar refractivity (Wildman–Crippen MR) is 111 cm³/mol. The van der Waals surface area contributed by atoms with Crippen molar-refractivity contribution < 1.29 is 0 Å². The van der Waals surface area contributed by atoms with Crippen molar-refractivity contribution in [3.8, 4) is 11.3 Å². The van der Waals surface area contributed by atoms with Crippen LogP contribution in [0.15, 0.2) is 60.7 Å². The summed E-state index contributed by atoms with van der Waals surface area (Å²) in [7, 11) is 0. The molecule has 1 aromatic heterocycles. The Bertz CT molecular complexity index is 1130. The first-order valence-corrected chi connectivity index (χ1v) is 9.70. The van der Waals surface area contributed by atoms with Crippen LogP contribution in [0.3, 0.4) is 0 Å². The molecule has 0 radical (unpaired) electrons. The summed E-state index contributed by atoms with van der Waals surface area (Å²) < 4.78 is 0. The Morgan fingerprint density at radius 3 is 2.62 bits per heavy atom. The Balaban J connectivity index is 1.91. The van der Waals surface area contributed by atoms with Gasteiger partial charge in [-0.25, -0.2) is 4.98 Å². The van der Waals surface area contributed by atoms with Crippen LogP contribution in [0.25, 0.3) is 32.9 Å². The highest BCUT2D eigenvalue weighted by Gasteiger charge is 2.24. The second kappa shape index (κ2) is 6.10. The van der Waals surface area contributed by atoms with Crippen LogP contribution in [-0.2, 0) is 6.42 Å². The number of rotatable bonds is 1. The minimum absolute atomic E-state index is 0.557. The van der Waals surface area contributed by atoms with Crippen LogP contribution in [0, 0.1) is 0 Å². The number of fused-ring (bicyclic) bond motifs is 5. The monoisotopic (exact) mass is 357 g/mol. The Hall–Kier alpha value is -2.38. The zero-order valence-electron chi connectivity index (χ0n) is 14.8. The van der Waals surface area contributed by atoms with Gasteiger partial charge in [-0.15, -0.1) is 0 Å². The molecule has 128 valence electrons. The maximum atomic E-state index is 6.11. The SMILES string of the molecule is C[C@@H]1CCCc2c(-c3ccc(Cl)cc3)nc3ccc4ccccc4c3c21. The van der Waals surface area contributed by atoms with E-state index >= 15 is 0 Å². The van der Waals surface area contributed by atoms with E-state index in [1.54, 1.807) is 0 Å². The van der Waals surface area contributed by atoms with Gasteiger partial charge in [-0.3, -0.25) is 0 Å². The molecule has 0 bridgehead atoms. The Labute approximate surface area is 158 Å². The van der Waals surface area contributed by atoms with Crippen LogP contribution in [0.5, 0.6) is 0 Å². The second-order valence-electron chi connectivity index (χ2n) is 7.33. The molecule has 2 heteroatoms. The molecule has 0 aliphatic heterocycles. The predicted octanol–water partition coefficient (Wildman–Crippen LogP) is 7.15. The van der Waals surface area contributed by atoms with Crippen molar-refractivity contribution in [1.82, 2.24) is 4.98 Å². The van der Waals surface area contributed by atoms with E-state index in [9.17, 15) is 0 Å². The van der Waals surface area contributed by atoms with Gasteiger partial charge in [0.2, 0.25) is 0 Å². The first-order valence-electron chi connectivity index (χ1n) is 9.32. The molecule has 0 amide bonds. The van der Waals surface area contributed by atoms with Crippen molar-refractivity contribution in [3.63, 3.8) is 0 Å². The summed E-state index contributed by atoms with van der Waals surface area (Å²) in [5.74, 6) is 0.557. The standard InChI is InChI=1S/C24H20ClN/c1-15-5-4-8-20-22(15)23-19-7-3-2-6-16(19)11-14-21(23)26-24(20)17-9-12-18(25)13-10-17/h2-3,6-7,9-15H,4-5,8H2,1H3/t15-/m1/s1. The van der Waals surface area contributed by atoms with E-state index in [2.05, 4.69) is 55.5 Å². The van der Waals surface area contributed by atoms with Gasteiger partial charge in [0.1, 0.15) is 0 Å². The fourth-order valence-electron chi connectivity index (χ4n) is 4.48. The fraction of sp³-hybridized carbons (Fsp3) is 0.208. The Kier molecular flexibility index (Phi) is 3.72. The molecule has 26 heavy (non-hydrogen) atoms. The van der Waals surface area contributed by atoms with Gasteiger partial charge >= 0.3 is 0 Å². The van der Waals surface area contributed by atoms with Gasteiger partial charge in [-0.05, 0) is 65.3 Å². The highest BCUT2D eigenvalue weighted by atomic mass is 35.5. The molecule has 0 saturated heterocycles. The van der Waals surface area contributed by atoms with Gasteiger partial charge in [-0.2, -0.15) is 0 Å². The van der Waals surface area contributed by atoms with Crippen LogP contribution >= 0.6 is 11.6 Å². The van der Waals surface area contributed by atoms with Crippen molar-refractivity contribution >= 4 is 33.3 Å². The van der Waals surface area contributed by atoms with Gasteiger partial charge in [0.15, 0.2) is 0 Å². The molecule has 5 rings (SSSR count). The summed E-state index contributed by atoms with van der Waals surface area (Å²) in [6.07, 6.45) is 3.58. The fourth-order valence-corrected chi connectivity index (χ4v) is 4.60. The van der Waals surface area contributed by atoms with Gasteiger partial charge in [0.25, 0.3) is 0 Å². The summed E-state index contributed by atoms with van der Waals surface area (Å²) in [6.45, 7) is 2.37. The summed E-state index contributed by atoms with van der Waals surface area (Å²) in [5, 5.41) is 4.73. The number of aromatic nitrogens is 1. The van der Waals surface area contributed by atoms with E-state index in [4.69, 9.17) is 16.6 Å². The summed E-state index contributed by atoms with van der Waals surface area (Å²) in [4.78, 5) is 5.13. The zero-order chi connectivity index (χ0) is 17.7. The largest absolute Gasteiger partial charge is 0.247 e. The first kappa shape index (κ1) is 15.8. The molecule has 3 aromatic carbocycles. The number of pyridine rings is 1. The molecule has 1 atom stereocenters. The van der Waals surface area contributed by atoms with Gasteiger partial charge < -0.3 is 0 Å². The minimum atomic E-state index is 0.557. The molecule has 0 N–H and O–H groups in total. The van der Waals surface area contributed by atoms with E-state index < -0.39 is 0 Å². The molecule has 1 nitrogen and oxygen atoms in total. The maximum Gasteiger partial charge on any atom is 0.0744 e. The van der Waals surface area contributed by atoms with E-state index in [1.807, 2.05) is 12.1 Å². The highest BCUT2D eigenvalue weighted by Crippen LogP contribution is 2.42. The topological polar surface area (TPSA) is 12.9 Å². The molecule has 0 fully saturated rings. The molecule has 0 saturated carbocycles. The average molecular weight is 358 g/mol. The van der Waals surface area contributed by atoms with E-state index in [0.29, 0.717) is 5.92 Å². The van der Waals surface area contributed by atoms with E-state index in [0.717, 1.165) is 28.2 Å². The maximum absolute atomic E-state index is 6.11. The zero-order valence-corrected chi connectivity index (χ0v) is 15.6. The van der Waals surface area contributed by atoms with E-state index in [-0.39, 0.29) is 0 Å². The molecular weight excluding hydrogens is 338 g/mol. The van der Waals surface area contributed by atoms with Crippen LogP contribution in [0.1, 0.15) is 36.8 Å². The van der Waals surface area contributed by atoms with Crippen LogP contribution < -0.4 is 0 Å². The van der Waals surface area contributed by atoms with Crippen molar-refractivity contribution in [1.29, 1.82) is 0 Å². The smallest absolute Gasteiger partial charge is 0.0744 e. The molecule has 1 aliphatic rings. The Morgan fingerprint density at radius 2 is 1.77 bits per heavy atom. The second-order valence-corrected chi connectivity index (χ2v) is 7.77. The van der Waals surface area contributed by atoms with Crippen molar-refractivity contribution in [2.24, 2.45) is 0 Å². The molecule has 1 heterocycles. The van der Waals surface area contributed by atoms with Crippen molar-refractivity contribution in [3.05, 3.63) is 76.8 Å². The first-order chi connectivity index (χ1) is 12.7. The summed E-state index contributed by atoms with van der Waals surface area (Å²) in [6, 6.07) is 21.2. The van der Waals surface area contributed by atoms with Gasteiger partial charge in [-0.1, -0.05) is 61.0 Å². The third-order valence-corrected chi connectivity index (χ3v) is 5.95. The lowest BCUT2D eigenvalue weighted by atomic mass is 9.79. The molecule has 4 aromatic rings. The number of nitrogens with zero attached hydrogens (tertiary/aromatic N) is 1. The van der Waals surface area contributed by atoms with E-state index in [1.165, 1.54) is 40.1 Å². The number of halogens is 1. The summed E-state index contributed by atoms with van der Waals surface area (Å²) in [5.41, 5.74) is 6.32. The average Bonchev–Trinajstić information content (AvgIpc) is 2.68. The number of hydrogen-bond donors (Lipinski definition) is 0.